The van der Waals surface area contributed by atoms with Gasteiger partial charge in [0.05, 0.1) is 0 Å². The molecule has 3 nitrogen and oxygen atoms in total. The number of amides is 1. The van der Waals surface area contributed by atoms with Crippen molar-refractivity contribution in [1.29, 1.82) is 0 Å². The maximum absolute atomic E-state index is 13.1. The number of hydrogen-bond donors (Lipinski definition) is 0. The Morgan fingerprint density at radius 3 is 2.72 bits per heavy atom. The van der Waals surface area contributed by atoms with Gasteiger partial charge in [-0.25, -0.2) is 0 Å². The predicted octanol–water partition coefficient (Wildman–Crippen LogP) is 4.24. The lowest BCUT2D eigenvalue weighted by Crippen LogP contribution is -2.30. The van der Waals surface area contributed by atoms with Crippen molar-refractivity contribution >= 4 is 11.6 Å². The number of benzene rings is 2. The van der Waals surface area contributed by atoms with Crippen LogP contribution in [-0.4, -0.2) is 17.0 Å². The Labute approximate surface area is 148 Å². The topological polar surface area (TPSA) is 25.2 Å². The van der Waals surface area contributed by atoms with Crippen molar-refractivity contribution in [2.45, 2.75) is 26.3 Å². The smallest absolute Gasteiger partial charge is 0.274 e. The third kappa shape index (κ3) is 3.10. The Morgan fingerprint density at radius 1 is 1.04 bits per heavy atom. The summed E-state index contributed by atoms with van der Waals surface area (Å²) in [5, 5.41) is 0. The number of aromatic nitrogens is 1. The lowest BCUT2D eigenvalue weighted by Gasteiger charge is -2.19. The van der Waals surface area contributed by atoms with E-state index in [4.69, 9.17) is 0 Å². The molecule has 0 saturated heterocycles. The van der Waals surface area contributed by atoms with E-state index >= 15 is 0 Å². The number of rotatable bonds is 4. The fraction of sp³-hybridized carbons (Fsp3) is 0.227. The molecule has 2 aromatic carbocycles. The van der Waals surface area contributed by atoms with Crippen molar-refractivity contribution in [2.24, 2.45) is 0 Å². The van der Waals surface area contributed by atoms with Crippen LogP contribution in [0.2, 0.25) is 0 Å². The van der Waals surface area contributed by atoms with Crippen LogP contribution >= 0.6 is 0 Å². The van der Waals surface area contributed by atoms with Crippen molar-refractivity contribution in [3.05, 3.63) is 89.2 Å². The maximum Gasteiger partial charge on any atom is 0.274 e. The standard InChI is InChI=1S/C22H22N2O/c1-17-9-10-19-12-15-24(21(19)16-17)22(25)20-8-5-13-23(20)14-11-18-6-3-2-4-7-18/h2-10,13,16H,11-12,14-15H2,1H3. The molecule has 3 aromatic rings. The van der Waals surface area contributed by atoms with Crippen molar-refractivity contribution in [3.63, 3.8) is 0 Å². The summed E-state index contributed by atoms with van der Waals surface area (Å²) in [5.41, 5.74) is 5.59. The molecule has 2 heterocycles. The van der Waals surface area contributed by atoms with E-state index in [1.165, 1.54) is 16.7 Å². The Balaban J connectivity index is 1.55. The first-order valence-corrected chi connectivity index (χ1v) is 8.83. The highest BCUT2D eigenvalue weighted by atomic mass is 16.2. The third-order valence-electron chi connectivity index (χ3n) is 4.91. The van der Waals surface area contributed by atoms with Gasteiger partial charge >= 0.3 is 0 Å². The quantitative estimate of drug-likeness (QED) is 0.702. The lowest BCUT2D eigenvalue weighted by atomic mass is 10.1. The van der Waals surface area contributed by atoms with Gasteiger partial charge in [-0.1, -0.05) is 42.5 Å². The minimum Gasteiger partial charge on any atom is -0.343 e. The van der Waals surface area contributed by atoms with E-state index in [9.17, 15) is 4.79 Å². The average Bonchev–Trinajstić information content (AvgIpc) is 3.27. The van der Waals surface area contributed by atoms with E-state index in [2.05, 4.69) is 54.0 Å². The van der Waals surface area contributed by atoms with E-state index < -0.39 is 0 Å². The molecule has 1 aromatic heterocycles. The van der Waals surface area contributed by atoms with Gasteiger partial charge in [0.15, 0.2) is 0 Å². The van der Waals surface area contributed by atoms with Crippen LogP contribution in [-0.2, 0) is 19.4 Å². The Hall–Kier alpha value is -2.81. The molecule has 0 bridgehead atoms. The van der Waals surface area contributed by atoms with Crippen LogP contribution < -0.4 is 4.90 Å². The minimum absolute atomic E-state index is 0.0995. The Morgan fingerprint density at radius 2 is 1.88 bits per heavy atom. The molecular formula is C22H22N2O. The number of fused-ring (bicyclic) bond motifs is 1. The zero-order valence-electron chi connectivity index (χ0n) is 14.5. The van der Waals surface area contributed by atoms with Crippen LogP contribution in [0.4, 0.5) is 5.69 Å². The van der Waals surface area contributed by atoms with E-state index in [0.29, 0.717) is 0 Å². The molecule has 0 spiro atoms. The molecular weight excluding hydrogens is 308 g/mol. The molecule has 126 valence electrons. The molecule has 0 unspecified atom stereocenters. The zero-order valence-corrected chi connectivity index (χ0v) is 14.5. The van der Waals surface area contributed by atoms with E-state index in [1.807, 2.05) is 29.3 Å². The van der Waals surface area contributed by atoms with Gasteiger partial charge in [-0.05, 0) is 54.7 Å². The number of hydrogen-bond acceptors (Lipinski definition) is 1. The van der Waals surface area contributed by atoms with Gasteiger partial charge in [-0.3, -0.25) is 4.79 Å². The van der Waals surface area contributed by atoms with E-state index in [1.54, 1.807) is 0 Å². The van der Waals surface area contributed by atoms with E-state index in [-0.39, 0.29) is 5.91 Å². The molecule has 0 N–H and O–H groups in total. The highest BCUT2D eigenvalue weighted by Gasteiger charge is 2.27. The Kier molecular flexibility index (Phi) is 4.14. The van der Waals surface area contributed by atoms with Gasteiger partial charge in [-0.15, -0.1) is 0 Å². The van der Waals surface area contributed by atoms with Crippen LogP contribution in [0.1, 0.15) is 27.2 Å². The largest absolute Gasteiger partial charge is 0.343 e. The van der Waals surface area contributed by atoms with Gasteiger partial charge in [0.25, 0.3) is 5.91 Å². The number of aryl methyl sites for hydroxylation is 3. The van der Waals surface area contributed by atoms with Crippen molar-refractivity contribution in [2.75, 3.05) is 11.4 Å². The number of carbonyl (C=O) groups excluding carboxylic acids is 1. The molecule has 1 aliphatic heterocycles. The second kappa shape index (κ2) is 6.60. The summed E-state index contributed by atoms with van der Waals surface area (Å²) in [6.45, 7) is 3.65. The summed E-state index contributed by atoms with van der Waals surface area (Å²) in [5.74, 6) is 0.0995. The predicted molar refractivity (Wildman–Crippen MR) is 101 cm³/mol. The zero-order chi connectivity index (χ0) is 17.2. The monoisotopic (exact) mass is 330 g/mol. The summed E-state index contributed by atoms with van der Waals surface area (Å²) in [4.78, 5) is 15.0. The summed E-state index contributed by atoms with van der Waals surface area (Å²) in [6.07, 6.45) is 3.86. The second-order valence-electron chi connectivity index (χ2n) is 6.66. The molecule has 25 heavy (non-hydrogen) atoms. The lowest BCUT2D eigenvalue weighted by molar-refractivity contribution is 0.0980. The average molecular weight is 330 g/mol. The van der Waals surface area contributed by atoms with Gasteiger partial charge in [0, 0.05) is 25.0 Å². The number of carbonyl (C=O) groups is 1. The molecule has 0 saturated carbocycles. The van der Waals surface area contributed by atoms with Gasteiger partial charge in [0.1, 0.15) is 5.69 Å². The SMILES string of the molecule is Cc1ccc2c(c1)N(C(=O)c1cccn1CCc1ccccc1)CC2. The third-order valence-corrected chi connectivity index (χ3v) is 4.91. The molecule has 0 aliphatic carbocycles. The molecule has 3 heteroatoms. The van der Waals surface area contributed by atoms with Crippen LogP contribution in [0, 0.1) is 6.92 Å². The molecule has 4 rings (SSSR count). The first-order valence-electron chi connectivity index (χ1n) is 8.83. The van der Waals surface area contributed by atoms with Gasteiger partial charge in [0.2, 0.25) is 0 Å². The summed E-state index contributed by atoms with van der Waals surface area (Å²) in [6, 6.07) is 20.7. The summed E-state index contributed by atoms with van der Waals surface area (Å²) in [7, 11) is 0. The normalized spacial score (nSPS) is 13.1. The highest BCUT2D eigenvalue weighted by Crippen LogP contribution is 2.30. The van der Waals surface area contributed by atoms with Gasteiger partial charge < -0.3 is 9.47 Å². The van der Waals surface area contributed by atoms with Gasteiger partial charge in [-0.2, -0.15) is 0 Å². The minimum atomic E-state index is 0.0995. The highest BCUT2D eigenvalue weighted by molar-refractivity contribution is 6.06. The molecule has 1 amide bonds. The number of nitrogens with zero attached hydrogens (tertiary/aromatic N) is 2. The van der Waals surface area contributed by atoms with Crippen molar-refractivity contribution in [1.82, 2.24) is 4.57 Å². The maximum atomic E-state index is 13.1. The van der Waals surface area contributed by atoms with E-state index in [0.717, 1.165) is 37.3 Å². The Bertz CT molecular complexity index is 895. The molecule has 1 aliphatic rings. The first-order chi connectivity index (χ1) is 12.2. The molecule has 0 fully saturated rings. The fourth-order valence-electron chi connectivity index (χ4n) is 3.54. The number of anilines is 1. The summed E-state index contributed by atoms with van der Waals surface area (Å²) >= 11 is 0. The van der Waals surface area contributed by atoms with Crippen LogP contribution in [0.25, 0.3) is 0 Å². The first kappa shape index (κ1) is 15.7. The van der Waals surface area contributed by atoms with Crippen LogP contribution in [0.5, 0.6) is 0 Å². The molecule has 0 radical (unpaired) electrons. The van der Waals surface area contributed by atoms with Crippen molar-refractivity contribution < 1.29 is 4.79 Å². The summed E-state index contributed by atoms with van der Waals surface area (Å²) < 4.78 is 2.07. The molecule has 0 atom stereocenters. The fourth-order valence-corrected chi connectivity index (χ4v) is 3.54. The van der Waals surface area contributed by atoms with Crippen LogP contribution in [0.3, 0.4) is 0 Å². The second-order valence-corrected chi connectivity index (χ2v) is 6.66. The van der Waals surface area contributed by atoms with Crippen LogP contribution in [0.15, 0.2) is 66.9 Å². The van der Waals surface area contributed by atoms with Crippen molar-refractivity contribution in [3.8, 4) is 0 Å².